The van der Waals surface area contributed by atoms with Crippen LogP contribution in [0.25, 0.3) is 0 Å². The fourth-order valence-corrected chi connectivity index (χ4v) is 2.96. The number of hydrogen-bond donors (Lipinski definition) is 1. The molecule has 1 N–H and O–H groups in total. The predicted molar refractivity (Wildman–Crippen MR) is 86.9 cm³/mol. The van der Waals surface area contributed by atoms with Crippen molar-refractivity contribution in [3.05, 3.63) is 42.2 Å². The minimum atomic E-state index is 0.756. The lowest BCUT2D eigenvalue weighted by Crippen LogP contribution is -2.31. The van der Waals surface area contributed by atoms with E-state index in [9.17, 15) is 0 Å². The van der Waals surface area contributed by atoms with Crippen molar-refractivity contribution in [1.29, 1.82) is 0 Å². The van der Waals surface area contributed by atoms with Crippen molar-refractivity contribution in [1.82, 2.24) is 14.5 Å². The van der Waals surface area contributed by atoms with E-state index < -0.39 is 0 Å². The van der Waals surface area contributed by atoms with Gasteiger partial charge in [-0.05, 0) is 58.0 Å². The molecule has 0 saturated carbocycles. The maximum Gasteiger partial charge on any atom is 0.207 e. The zero-order valence-corrected chi connectivity index (χ0v) is 12.9. The second-order valence-electron chi connectivity index (χ2n) is 6.10. The Kier molecular flexibility index (Phi) is 4.25. The Hall–Kier alpha value is -1.81. The summed E-state index contributed by atoms with van der Waals surface area (Å²) >= 11 is 0. The molecule has 1 aromatic heterocycles. The SMILES string of the molecule is Cc1cn(CC2CCN(C)CC2)c(Nc2ccccc2)n1. The van der Waals surface area contributed by atoms with E-state index in [2.05, 4.69) is 52.1 Å². The monoisotopic (exact) mass is 284 g/mol. The van der Waals surface area contributed by atoms with Gasteiger partial charge in [0.05, 0.1) is 5.69 Å². The average molecular weight is 284 g/mol. The third kappa shape index (κ3) is 3.64. The molecule has 2 aromatic rings. The summed E-state index contributed by atoms with van der Waals surface area (Å²) in [4.78, 5) is 7.04. The third-order valence-corrected chi connectivity index (χ3v) is 4.22. The van der Waals surface area contributed by atoms with Crippen LogP contribution in [-0.2, 0) is 6.54 Å². The lowest BCUT2D eigenvalue weighted by Gasteiger charge is -2.29. The van der Waals surface area contributed by atoms with Gasteiger partial charge in [0.15, 0.2) is 0 Å². The van der Waals surface area contributed by atoms with Crippen molar-refractivity contribution in [3.63, 3.8) is 0 Å². The van der Waals surface area contributed by atoms with Crippen molar-refractivity contribution >= 4 is 11.6 Å². The first kappa shape index (κ1) is 14.1. The molecule has 112 valence electrons. The Morgan fingerprint density at radius 3 is 2.62 bits per heavy atom. The molecular weight excluding hydrogens is 260 g/mol. The number of likely N-dealkylation sites (tertiary alicyclic amines) is 1. The Morgan fingerprint density at radius 2 is 1.90 bits per heavy atom. The van der Waals surface area contributed by atoms with Gasteiger partial charge in [-0.15, -0.1) is 0 Å². The van der Waals surface area contributed by atoms with E-state index in [0.717, 1.165) is 29.8 Å². The number of aryl methyl sites for hydroxylation is 1. The Bertz CT molecular complexity index is 568. The molecular formula is C17H24N4. The Balaban J connectivity index is 1.70. The number of nitrogens with zero attached hydrogens (tertiary/aromatic N) is 3. The smallest absolute Gasteiger partial charge is 0.207 e. The zero-order valence-electron chi connectivity index (χ0n) is 12.9. The van der Waals surface area contributed by atoms with Crippen LogP contribution in [0.1, 0.15) is 18.5 Å². The summed E-state index contributed by atoms with van der Waals surface area (Å²) in [5.74, 6) is 1.71. The van der Waals surface area contributed by atoms with E-state index in [0.29, 0.717) is 0 Å². The summed E-state index contributed by atoms with van der Waals surface area (Å²) in [6, 6.07) is 10.3. The van der Waals surface area contributed by atoms with Gasteiger partial charge in [0.25, 0.3) is 0 Å². The fraction of sp³-hybridized carbons (Fsp3) is 0.471. The van der Waals surface area contributed by atoms with Gasteiger partial charge >= 0.3 is 0 Å². The van der Waals surface area contributed by atoms with Crippen molar-refractivity contribution < 1.29 is 0 Å². The van der Waals surface area contributed by atoms with Gasteiger partial charge in [-0.2, -0.15) is 0 Å². The van der Waals surface area contributed by atoms with Crippen molar-refractivity contribution in [2.75, 3.05) is 25.5 Å². The number of rotatable bonds is 4. The second kappa shape index (κ2) is 6.31. The molecule has 2 heterocycles. The van der Waals surface area contributed by atoms with Gasteiger partial charge in [-0.1, -0.05) is 18.2 Å². The molecule has 1 aromatic carbocycles. The van der Waals surface area contributed by atoms with Gasteiger partial charge in [-0.3, -0.25) is 0 Å². The minimum absolute atomic E-state index is 0.756. The predicted octanol–water partition coefficient (Wildman–Crippen LogP) is 3.28. The average Bonchev–Trinajstić information content (AvgIpc) is 2.82. The normalized spacial score (nSPS) is 17.0. The topological polar surface area (TPSA) is 33.1 Å². The lowest BCUT2D eigenvalue weighted by molar-refractivity contribution is 0.205. The van der Waals surface area contributed by atoms with Crippen LogP contribution < -0.4 is 5.32 Å². The van der Waals surface area contributed by atoms with Gasteiger partial charge in [0, 0.05) is 18.4 Å². The highest BCUT2D eigenvalue weighted by Gasteiger charge is 2.18. The highest BCUT2D eigenvalue weighted by atomic mass is 15.2. The lowest BCUT2D eigenvalue weighted by atomic mass is 9.97. The van der Waals surface area contributed by atoms with Crippen molar-refractivity contribution in [3.8, 4) is 0 Å². The first-order chi connectivity index (χ1) is 10.2. The Labute approximate surface area is 126 Å². The van der Waals surface area contributed by atoms with Gasteiger partial charge in [0.1, 0.15) is 0 Å². The van der Waals surface area contributed by atoms with E-state index in [1.54, 1.807) is 0 Å². The summed E-state index contributed by atoms with van der Waals surface area (Å²) in [7, 11) is 2.21. The molecule has 1 aliphatic heterocycles. The van der Waals surface area contributed by atoms with Gasteiger partial charge < -0.3 is 14.8 Å². The van der Waals surface area contributed by atoms with Crippen LogP contribution in [-0.4, -0.2) is 34.6 Å². The molecule has 0 spiro atoms. The van der Waals surface area contributed by atoms with E-state index in [1.165, 1.54) is 25.9 Å². The van der Waals surface area contributed by atoms with Crippen LogP contribution in [0.3, 0.4) is 0 Å². The van der Waals surface area contributed by atoms with Crippen LogP contribution in [0.4, 0.5) is 11.6 Å². The number of benzene rings is 1. The Morgan fingerprint density at radius 1 is 1.19 bits per heavy atom. The molecule has 1 saturated heterocycles. The number of nitrogens with one attached hydrogen (secondary N) is 1. The summed E-state index contributed by atoms with van der Waals surface area (Å²) in [5, 5.41) is 3.43. The molecule has 0 aliphatic carbocycles. The number of hydrogen-bond acceptors (Lipinski definition) is 3. The highest BCUT2D eigenvalue weighted by molar-refractivity contribution is 5.53. The van der Waals surface area contributed by atoms with E-state index in [4.69, 9.17) is 0 Å². The summed E-state index contributed by atoms with van der Waals surface area (Å²) in [6.07, 6.45) is 4.71. The molecule has 0 bridgehead atoms. The largest absolute Gasteiger partial charge is 0.326 e. The van der Waals surface area contributed by atoms with Crippen molar-refractivity contribution in [2.24, 2.45) is 5.92 Å². The first-order valence-electron chi connectivity index (χ1n) is 7.75. The second-order valence-corrected chi connectivity index (χ2v) is 6.10. The highest BCUT2D eigenvalue weighted by Crippen LogP contribution is 2.22. The molecule has 0 radical (unpaired) electrons. The molecule has 1 fully saturated rings. The zero-order chi connectivity index (χ0) is 14.7. The number of anilines is 2. The summed E-state index contributed by atoms with van der Waals surface area (Å²) in [5.41, 5.74) is 2.16. The number of para-hydroxylation sites is 1. The van der Waals surface area contributed by atoms with Crippen LogP contribution >= 0.6 is 0 Å². The molecule has 0 unspecified atom stereocenters. The summed E-state index contributed by atoms with van der Waals surface area (Å²) in [6.45, 7) is 5.53. The number of imidazole rings is 1. The molecule has 3 rings (SSSR count). The molecule has 1 aliphatic rings. The van der Waals surface area contributed by atoms with Crippen LogP contribution in [0.5, 0.6) is 0 Å². The quantitative estimate of drug-likeness (QED) is 0.935. The molecule has 21 heavy (non-hydrogen) atoms. The number of aromatic nitrogens is 2. The van der Waals surface area contributed by atoms with Gasteiger partial charge in [0.2, 0.25) is 5.95 Å². The third-order valence-electron chi connectivity index (χ3n) is 4.22. The number of piperidine rings is 1. The van der Waals surface area contributed by atoms with Crippen LogP contribution in [0.15, 0.2) is 36.5 Å². The van der Waals surface area contributed by atoms with Gasteiger partial charge in [-0.25, -0.2) is 4.98 Å². The molecule has 4 heteroatoms. The maximum absolute atomic E-state index is 4.63. The minimum Gasteiger partial charge on any atom is -0.326 e. The standard InChI is InChI=1S/C17H24N4/c1-14-12-21(13-15-8-10-20(2)11-9-15)17(18-14)19-16-6-4-3-5-7-16/h3-7,12,15H,8-11,13H2,1-2H3,(H,18,19). The maximum atomic E-state index is 4.63. The van der Waals surface area contributed by atoms with E-state index >= 15 is 0 Å². The molecule has 4 nitrogen and oxygen atoms in total. The van der Waals surface area contributed by atoms with E-state index in [1.807, 2.05) is 18.2 Å². The summed E-state index contributed by atoms with van der Waals surface area (Å²) < 4.78 is 2.28. The molecule has 0 atom stereocenters. The molecule has 0 amide bonds. The van der Waals surface area contributed by atoms with Crippen molar-refractivity contribution in [2.45, 2.75) is 26.3 Å². The fourth-order valence-electron chi connectivity index (χ4n) is 2.96. The van der Waals surface area contributed by atoms with Crippen LogP contribution in [0, 0.1) is 12.8 Å². The van der Waals surface area contributed by atoms with E-state index in [-0.39, 0.29) is 0 Å². The van der Waals surface area contributed by atoms with Crippen LogP contribution in [0.2, 0.25) is 0 Å². The first-order valence-corrected chi connectivity index (χ1v) is 7.75.